The highest BCUT2D eigenvalue weighted by atomic mass is 127. The van der Waals surface area contributed by atoms with Crippen LogP contribution in [-0.2, 0) is 7.05 Å². The first-order chi connectivity index (χ1) is 23.1. The van der Waals surface area contributed by atoms with Crippen molar-refractivity contribution < 1.29 is 4.79 Å². The Kier molecular flexibility index (Phi) is 12.8. The summed E-state index contributed by atoms with van der Waals surface area (Å²) in [6, 6.07) is 12.1. The number of rotatable bonds is 3. The highest BCUT2D eigenvalue weighted by molar-refractivity contribution is 14.1. The monoisotopic (exact) mass is 880 g/mol. The summed E-state index contributed by atoms with van der Waals surface area (Å²) in [6.45, 7) is 3.68. The largest absolute Gasteiger partial charge is 0.398 e. The van der Waals surface area contributed by atoms with E-state index in [2.05, 4.69) is 123 Å². The molecule has 0 spiro atoms. The van der Waals surface area contributed by atoms with Crippen LogP contribution in [0.2, 0.25) is 0 Å². The number of hydrogen-bond acceptors (Lipinski definition) is 6. The molecule has 10 heteroatoms. The Bertz CT molecular complexity index is 1940. The van der Waals surface area contributed by atoms with Crippen LogP contribution in [0, 0.1) is 28.3 Å². The Hall–Kier alpha value is -3.14. The number of aromatic nitrogens is 5. The topological polar surface area (TPSA) is 99.6 Å². The third kappa shape index (κ3) is 9.30. The predicted molar refractivity (Wildman–Crippen MR) is 210 cm³/mol. The molecule has 0 saturated heterocycles. The smallest absolute Gasteiger partial charge is 0.204 e. The maximum absolute atomic E-state index is 10.9. The van der Waals surface area contributed by atoms with E-state index in [1.54, 1.807) is 24.5 Å². The van der Waals surface area contributed by atoms with E-state index in [1.165, 1.54) is 86.0 Å². The number of carbonyl (C=O) groups is 1. The third-order valence-electron chi connectivity index (χ3n) is 8.76. The van der Waals surface area contributed by atoms with Gasteiger partial charge in [-0.2, -0.15) is 0 Å². The summed E-state index contributed by atoms with van der Waals surface area (Å²) >= 11 is 8.85. The number of carbonyl (C=O) groups excluding carboxylic acids is 1. The molecule has 0 amide bonds. The summed E-state index contributed by atoms with van der Waals surface area (Å²) in [5.41, 5.74) is 12.1. The normalized spacial score (nSPS) is 14.5. The molecule has 7 rings (SSSR count). The lowest BCUT2D eigenvalue weighted by atomic mass is 9.94. The molecule has 7 nitrogen and oxygen atoms in total. The molecule has 48 heavy (non-hydrogen) atoms. The number of ketones is 1. The molecule has 3 heterocycles. The number of benzene rings is 2. The molecule has 248 valence electrons. The van der Waals surface area contributed by atoms with Crippen LogP contribution >= 0.6 is 54.5 Å². The number of hydrogen-bond donors (Lipinski definition) is 1. The van der Waals surface area contributed by atoms with E-state index < -0.39 is 0 Å². The Labute approximate surface area is 313 Å². The van der Waals surface area contributed by atoms with Gasteiger partial charge in [0.05, 0.1) is 14.6 Å². The SMILES string of the molecule is Brc1cnc(C#CC2CCCC2)nc1.CC(=O)c1ccc(I)c(N)c1.Cc1ccc2c(C3CCCC3)c(-c3ncc(Br)cn3)n(C)c2c1. The molecule has 0 aliphatic heterocycles. The van der Waals surface area contributed by atoms with Gasteiger partial charge in [-0.3, -0.25) is 4.79 Å². The molecule has 2 saturated carbocycles. The highest BCUT2D eigenvalue weighted by Gasteiger charge is 2.27. The first kappa shape index (κ1) is 36.1. The van der Waals surface area contributed by atoms with E-state index in [1.807, 2.05) is 18.5 Å². The van der Waals surface area contributed by atoms with Crippen LogP contribution in [0.1, 0.15) is 91.5 Å². The average Bonchev–Trinajstić information content (AvgIpc) is 3.85. The van der Waals surface area contributed by atoms with Gasteiger partial charge in [-0.1, -0.05) is 49.8 Å². The second-order valence-corrected chi connectivity index (χ2v) is 15.3. The van der Waals surface area contributed by atoms with Gasteiger partial charge in [-0.05, 0) is 135 Å². The molecule has 2 aromatic carbocycles. The molecular formula is C38H39Br2IN6O. The van der Waals surface area contributed by atoms with E-state index in [9.17, 15) is 4.79 Å². The predicted octanol–water partition coefficient (Wildman–Crippen LogP) is 10.2. The van der Waals surface area contributed by atoms with Gasteiger partial charge >= 0.3 is 0 Å². The minimum Gasteiger partial charge on any atom is -0.398 e. The zero-order valence-electron chi connectivity index (χ0n) is 27.4. The summed E-state index contributed by atoms with van der Waals surface area (Å²) in [5, 5.41) is 1.37. The van der Waals surface area contributed by atoms with E-state index in [-0.39, 0.29) is 5.78 Å². The Morgan fingerprint density at radius 3 is 2.10 bits per heavy atom. The molecule has 2 aliphatic carbocycles. The molecule has 3 aromatic heterocycles. The van der Waals surface area contributed by atoms with Gasteiger partial charge in [0, 0.05) is 63.5 Å². The van der Waals surface area contributed by atoms with Crippen LogP contribution in [0.15, 0.2) is 70.1 Å². The first-order valence-electron chi connectivity index (χ1n) is 16.2. The van der Waals surface area contributed by atoms with Gasteiger partial charge in [0.15, 0.2) is 11.6 Å². The molecule has 0 radical (unpaired) electrons. The van der Waals surface area contributed by atoms with Crippen molar-refractivity contribution in [2.45, 2.75) is 71.1 Å². The zero-order valence-corrected chi connectivity index (χ0v) is 32.8. The van der Waals surface area contributed by atoms with Crippen LogP contribution in [-0.4, -0.2) is 30.3 Å². The number of nitrogens with two attached hydrogens (primary N) is 1. The fraction of sp³-hybridized carbons (Fsp3) is 0.342. The molecule has 0 bridgehead atoms. The Morgan fingerprint density at radius 1 is 0.896 bits per heavy atom. The number of halogens is 3. The molecule has 2 N–H and O–H groups in total. The lowest BCUT2D eigenvalue weighted by Gasteiger charge is -2.12. The van der Waals surface area contributed by atoms with Gasteiger partial charge < -0.3 is 10.3 Å². The van der Waals surface area contributed by atoms with Crippen LogP contribution in [0.5, 0.6) is 0 Å². The molecule has 2 fully saturated rings. The summed E-state index contributed by atoms with van der Waals surface area (Å²) < 4.78 is 5.06. The van der Waals surface area contributed by atoms with Crippen molar-refractivity contribution in [2.24, 2.45) is 13.0 Å². The second-order valence-electron chi connectivity index (χ2n) is 12.3. The quantitative estimate of drug-likeness (QED) is 0.0839. The van der Waals surface area contributed by atoms with Crippen LogP contribution in [0.4, 0.5) is 5.69 Å². The van der Waals surface area contributed by atoms with Crippen LogP contribution in [0.3, 0.4) is 0 Å². The first-order valence-corrected chi connectivity index (χ1v) is 18.9. The lowest BCUT2D eigenvalue weighted by molar-refractivity contribution is 0.101. The molecule has 5 aromatic rings. The van der Waals surface area contributed by atoms with Crippen molar-refractivity contribution in [3.63, 3.8) is 0 Å². The standard InChI is InChI=1S/C19H20BrN3.C11H11BrN2.C8H8INO/c1-12-7-8-15-16(9-12)23(2)18(17(15)13-5-3-4-6-13)19-21-10-14(20)11-22-19;12-10-7-13-11(14-8-10)6-5-9-3-1-2-4-9;1-5(11)6-2-3-7(9)8(10)4-6/h7-11,13H,3-6H2,1-2H3;7-9H,1-4H2;2-4H,10H2,1H3. The van der Waals surface area contributed by atoms with Gasteiger partial charge in [-0.15, -0.1) is 0 Å². The highest BCUT2D eigenvalue weighted by Crippen LogP contribution is 2.44. The maximum atomic E-state index is 10.9. The minimum atomic E-state index is 0.0492. The van der Waals surface area contributed by atoms with Crippen molar-refractivity contribution in [1.29, 1.82) is 0 Å². The number of Topliss-reactive ketones (excluding diaryl/α,β-unsaturated/α-hetero) is 1. The van der Waals surface area contributed by atoms with E-state index in [0.717, 1.165) is 18.3 Å². The summed E-state index contributed by atoms with van der Waals surface area (Å²) in [4.78, 5) is 28.2. The van der Waals surface area contributed by atoms with Crippen molar-refractivity contribution >= 4 is 76.8 Å². The van der Waals surface area contributed by atoms with E-state index in [4.69, 9.17) is 5.73 Å². The van der Waals surface area contributed by atoms with Crippen molar-refractivity contribution in [1.82, 2.24) is 24.5 Å². The van der Waals surface area contributed by atoms with Gasteiger partial charge in [0.1, 0.15) is 0 Å². The van der Waals surface area contributed by atoms with Gasteiger partial charge in [0.25, 0.3) is 0 Å². The number of fused-ring (bicyclic) bond motifs is 1. The van der Waals surface area contributed by atoms with E-state index >= 15 is 0 Å². The summed E-state index contributed by atoms with van der Waals surface area (Å²) in [6.07, 6.45) is 17.5. The maximum Gasteiger partial charge on any atom is 0.204 e. The average molecular weight is 882 g/mol. The summed E-state index contributed by atoms with van der Waals surface area (Å²) in [5.74, 6) is 8.95. The number of anilines is 1. The molecular weight excluding hydrogens is 843 g/mol. The van der Waals surface area contributed by atoms with Crippen molar-refractivity contribution in [3.05, 3.63) is 96.2 Å². The fourth-order valence-electron chi connectivity index (χ4n) is 6.28. The lowest BCUT2D eigenvalue weighted by Crippen LogP contribution is -2.01. The van der Waals surface area contributed by atoms with Crippen LogP contribution in [0.25, 0.3) is 22.4 Å². The number of aryl methyl sites for hydroxylation is 2. The third-order valence-corrected chi connectivity index (χ3v) is 10.6. The second kappa shape index (κ2) is 17.0. The Balaban J connectivity index is 0.000000154. The van der Waals surface area contributed by atoms with Crippen LogP contribution < -0.4 is 5.73 Å². The van der Waals surface area contributed by atoms with Gasteiger partial charge in [0.2, 0.25) is 5.82 Å². The molecule has 0 unspecified atom stereocenters. The van der Waals surface area contributed by atoms with Crippen molar-refractivity contribution in [2.75, 3.05) is 5.73 Å². The summed E-state index contributed by atoms with van der Waals surface area (Å²) in [7, 11) is 2.14. The number of nitrogens with zero attached hydrogens (tertiary/aromatic N) is 5. The van der Waals surface area contributed by atoms with E-state index in [0.29, 0.717) is 28.9 Å². The molecule has 0 atom stereocenters. The van der Waals surface area contributed by atoms with Gasteiger partial charge in [-0.25, -0.2) is 19.9 Å². The minimum absolute atomic E-state index is 0.0492. The zero-order chi connectivity index (χ0) is 34.2. The fourth-order valence-corrected chi connectivity index (χ4v) is 7.03. The number of nitrogen functional groups attached to an aromatic ring is 1. The molecule has 2 aliphatic rings. The van der Waals surface area contributed by atoms with Crippen molar-refractivity contribution in [3.8, 4) is 23.4 Å². The Morgan fingerprint density at radius 2 is 1.50 bits per heavy atom.